The molecular formula is C19H28N8. The molecule has 0 saturated carbocycles. The zero-order chi connectivity index (χ0) is 19.1. The van der Waals surface area contributed by atoms with Crippen molar-refractivity contribution < 1.29 is 0 Å². The van der Waals surface area contributed by atoms with Crippen LogP contribution in [0.5, 0.6) is 0 Å². The molecule has 8 heteroatoms. The third kappa shape index (κ3) is 4.84. The Labute approximate surface area is 159 Å². The summed E-state index contributed by atoms with van der Waals surface area (Å²) in [6.07, 6.45) is 7.57. The molecule has 8 nitrogen and oxygen atoms in total. The molecule has 0 atom stereocenters. The Kier molecular flexibility index (Phi) is 6.40. The number of nitrogens with one attached hydrogen (secondary N) is 2. The maximum absolute atomic E-state index is 4.71. The van der Waals surface area contributed by atoms with Crippen molar-refractivity contribution in [2.24, 2.45) is 4.99 Å². The van der Waals surface area contributed by atoms with Crippen LogP contribution in [0.15, 0.2) is 35.8 Å². The molecule has 3 aromatic heterocycles. The summed E-state index contributed by atoms with van der Waals surface area (Å²) in [4.78, 5) is 9.37. The predicted molar refractivity (Wildman–Crippen MR) is 107 cm³/mol. The summed E-state index contributed by atoms with van der Waals surface area (Å²) in [5.41, 5.74) is 3.26. The van der Waals surface area contributed by atoms with Crippen molar-refractivity contribution in [3.8, 4) is 0 Å². The van der Waals surface area contributed by atoms with Gasteiger partial charge in [0.2, 0.25) is 0 Å². The quantitative estimate of drug-likeness (QED) is 0.466. The summed E-state index contributed by atoms with van der Waals surface area (Å²) in [7, 11) is 0. The SMILES string of the molecule is CCNC(=NCCc1cn2cccc(C)c2n1)NCCn1cnnc1CC. The molecule has 27 heavy (non-hydrogen) atoms. The van der Waals surface area contributed by atoms with Gasteiger partial charge in [0, 0.05) is 51.4 Å². The van der Waals surface area contributed by atoms with E-state index in [1.54, 1.807) is 6.33 Å². The minimum atomic E-state index is 0.686. The third-order valence-corrected chi connectivity index (χ3v) is 4.37. The van der Waals surface area contributed by atoms with E-state index in [1.165, 1.54) is 5.56 Å². The highest BCUT2D eigenvalue weighted by Crippen LogP contribution is 2.10. The van der Waals surface area contributed by atoms with Gasteiger partial charge in [-0.05, 0) is 25.5 Å². The van der Waals surface area contributed by atoms with Crippen LogP contribution in [0.4, 0.5) is 0 Å². The van der Waals surface area contributed by atoms with E-state index in [0.717, 1.165) is 55.6 Å². The number of aliphatic imine (C=N–C) groups is 1. The van der Waals surface area contributed by atoms with Gasteiger partial charge in [-0.25, -0.2) is 4.98 Å². The number of nitrogens with zero attached hydrogens (tertiary/aromatic N) is 6. The molecule has 3 aromatic rings. The monoisotopic (exact) mass is 368 g/mol. The van der Waals surface area contributed by atoms with Crippen molar-refractivity contribution in [3.05, 3.63) is 47.9 Å². The van der Waals surface area contributed by atoms with E-state index >= 15 is 0 Å². The van der Waals surface area contributed by atoms with E-state index in [0.29, 0.717) is 6.54 Å². The first-order valence-corrected chi connectivity index (χ1v) is 9.53. The number of guanidine groups is 1. The number of pyridine rings is 1. The van der Waals surface area contributed by atoms with Gasteiger partial charge in [-0.3, -0.25) is 4.99 Å². The first kappa shape index (κ1) is 18.9. The van der Waals surface area contributed by atoms with E-state index in [9.17, 15) is 0 Å². The van der Waals surface area contributed by atoms with Crippen molar-refractivity contribution in [2.45, 2.75) is 40.2 Å². The van der Waals surface area contributed by atoms with Crippen LogP contribution < -0.4 is 10.6 Å². The number of hydrogen-bond donors (Lipinski definition) is 2. The maximum atomic E-state index is 4.71. The first-order chi connectivity index (χ1) is 13.2. The van der Waals surface area contributed by atoms with E-state index < -0.39 is 0 Å². The number of fused-ring (bicyclic) bond motifs is 1. The molecule has 0 aliphatic rings. The summed E-state index contributed by atoms with van der Waals surface area (Å²) in [6, 6.07) is 4.12. The molecule has 0 spiro atoms. The number of imidazole rings is 1. The Balaban J connectivity index is 1.54. The van der Waals surface area contributed by atoms with Crippen LogP contribution in [0.2, 0.25) is 0 Å². The lowest BCUT2D eigenvalue weighted by molar-refractivity contribution is 0.632. The minimum absolute atomic E-state index is 0.686. The van der Waals surface area contributed by atoms with Crippen molar-refractivity contribution >= 4 is 11.6 Å². The topological polar surface area (TPSA) is 84.4 Å². The Morgan fingerprint density at radius 2 is 2.15 bits per heavy atom. The lowest BCUT2D eigenvalue weighted by atomic mass is 10.3. The predicted octanol–water partition coefficient (Wildman–Crippen LogP) is 1.59. The average Bonchev–Trinajstić information content (AvgIpc) is 3.28. The molecule has 2 N–H and O–H groups in total. The Hall–Kier alpha value is -2.90. The molecular weight excluding hydrogens is 340 g/mol. The summed E-state index contributed by atoms with van der Waals surface area (Å²) < 4.78 is 4.14. The van der Waals surface area contributed by atoms with Crippen LogP contribution >= 0.6 is 0 Å². The molecule has 0 aliphatic heterocycles. The van der Waals surface area contributed by atoms with Crippen LogP contribution in [0.3, 0.4) is 0 Å². The van der Waals surface area contributed by atoms with Gasteiger partial charge in [-0.15, -0.1) is 10.2 Å². The molecule has 0 amide bonds. The van der Waals surface area contributed by atoms with Crippen molar-refractivity contribution in [1.29, 1.82) is 0 Å². The second kappa shape index (κ2) is 9.16. The van der Waals surface area contributed by atoms with Gasteiger partial charge in [-0.2, -0.15) is 0 Å². The molecule has 0 radical (unpaired) electrons. The Morgan fingerprint density at radius 3 is 2.93 bits per heavy atom. The van der Waals surface area contributed by atoms with Crippen molar-refractivity contribution in [3.63, 3.8) is 0 Å². The molecule has 3 heterocycles. The largest absolute Gasteiger partial charge is 0.357 e. The molecule has 3 rings (SSSR count). The molecule has 144 valence electrons. The van der Waals surface area contributed by atoms with Gasteiger partial charge in [-0.1, -0.05) is 13.0 Å². The molecule has 0 fully saturated rings. The molecule has 0 saturated heterocycles. The Morgan fingerprint density at radius 1 is 1.26 bits per heavy atom. The lowest BCUT2D eigenvalue weighted by Crippen LogP contribution is -2.39. The number of aromatic nitrogens is 5. The van der Waals surface area contributed by atoms with E-state index in [2.05, 4.69) is 67.8 Å². The van der Waals surface area contributed by atoms with Crippen LogP contribution in [0, 0.1) is 6.92 Å². The van der Waals surface area contributed by atoms with Gasteiger partial charge in [0.1, 0.15) is 17.8 Å². The highest BCUT2D eigenvalue weighted by molar-refractivity contribution is 5.79. The Bertz CT molecular complexity index is 892. The fraction of sp³-hybridized carbons (Fsp3) is 0.474. The molecule has 0 unspecified atom stereocenters. The van der Waals surface area contributed by atoms with Crippen LogP contribution in [-0.2, 0) is 19.4 Å². The summed E-state index contributed by atoms with van der Waals surface area (Å²) in [5.74, 6) is 1.82. The van der Waals surface area contributed by atoms with Gasteiger partial charge in [0.05, 0.1) is 5.69 Å². The summed E-state index contributed by atoms with van der Waals surface area (Å²) in [6.45, 7) is 9.32. The minimum Gasteiger partial charge on any atom is -0.357 e. The fourth-order valence-corrected chi connectivity index (χ4v) is 2.98. The van der Waals surface area contributed by atoms with Gasteiger partial charge < -0.3 is 19.6 Å². The molecule has 0 bridgehead atoms. The third-order valence-electron chi connectivity index (χ3n) is 4.37. The zero-order valence-corrected chi connectivity index (χ0v) is 16.3. The molecule has 0 aliphatic carbocycles. The number of aryl methyl sites for hydroxylation is 2. The van der Waals surface area contributed by atoms with Gasteiger partial charge in [0.25, 0.3) is 0 Å². The second-order valence-electron chi connectivity index (χ2n) is 6.39. The number of rotatable bonds is 8. The van der Waals surface area contributed by atoms with Crippen molar-refractivity contribution in [2.75, 3.05) is 19.6 Å². The average molecular weight is 368 g/mol. The molecule has 0 aromatic carbocycles. The lowest BCUT2D eigenvalue weighted by Gasteiger charge is -2.12. The smallest absolute Gasteiger partial charge is 0.191 e. The van der Waals surface area contributed by atoms with Crippen molar-refractivity contribution in [1.82, 2.24) is 34.8 Å². The van der Waals surface area contributed by atoms with E-state index in [-0.39, 0.29) is 0 Å². The summed E-state index contributed by atoms with van der Waals surface area (Å²) >= 11 is 0. The van der Waals surface area contributed by atoms with E-state index in [1.807, 2.05) is 12.3 Å². The van der Waals surface area contributed by atoms with E-state index in [4.69, 9.17) is 4.98 Å². The summed E-state index contributed by atoms with van der Waals surface area (Å²) in [5, 5.41) is 14.7. The maximum Gasteiger partial charge on any atom is 0.191 e. The van der Waals surface area contributed by atoms with Crippen LogP contribution in [-0.4, -0.2) is 49.7 Å². The van der Waals surface area contributed by atoms with Gasteiger partial charge in [0.15, 0.2) is 5.96 Å². The fourth-order valence-electron chi connectivity index (χ4n) is 2.98. The van der Waals surface area contributed by atoms with Crippen LogP contribution in [0.1, 0.15) is 30.9 Å². The second-order valence-corrected chi connectivity index (χ2v) is 6.39. The van der Waals surface area contributed by atoms with Crippen LogP contribution in [0.25, 0.3) is 5.65 Å². The number of hydrogen-bond acceptors (Lipinski definition) is 4. The highest BCUT2D eigenvalue weighted by atomic mass is 15.3. The highest BCUT2D eigenvalue weighted by Gasteiger charge is 2.05. The zero-order valence-electron chi connectivity index (χ0n) is 16.3. The standard InChI is InChI=1S/C19H28N8/c1-4-17-25-23-14-27(17)12-10-22-19(20-5-2)21-9-8-16-13-26-11-6-7-15(3)18(26)24-16/h6-7,11,13-14H,4-5,8-10,12H2,1-3H3,(H2,20,21,22). The first-order valence-electron chi connectivity index (χ1n) is 9.53. The van der Waals surface area contributed by atoms with Gasteiger partial charge >= 0.3 is 0 Å². The normalized spacial score (nSPS) is 11.9.